The van der Waals surface area contributed by atoms with Crippen molar-refractivity contribution < 1.29 is 19.0 Å². The fourth-order valence-corrected chi connectivity index (χ4v) is 1.74. The maximum absolute atomic E-state index is 11.8. The molecule has 0 spiro atoms. The van der Waals surface area contributed by atoms with E-state index < -0.39 is 5.97 Å². The Morgan fingerprint density at radius 1 is 1.05 bits per heavy atom. The number of hydrogen-bond donors (Lipinski definition) is 0. The quantitative estimate of drug-likeness (QED) is 0.605. The molecule has 0 aliphatic rings. The predicted molar refractivity (Wildman–Crippen MR) is 79.9 cm³/mol. The molecule has 0 aliphatic heterocycles. The molecule has 5 heteroatoms. The number of rotatable bonds is 6. The van der Waals surface area contributed by atoms with Crippen LogP contribution in [0.15, 0.2) is 48.5 Å². The Kier molecular flexibility index (Phi) is 5.38. The van der Waals surface area contributed by atoms with Crippen molar-refractivity contribution >= 4 is 5.97 Å². The van der Waals surface area contributed by atoms with E-state index in [2.05, 4.69) is 0 Å². The molecular formula is C17H15NO4. The van der Waals surface area contributed by atoms with Gasteiger partial charge in [0.05, 0.1) is 18.2 Å². The molecule has 0 aliphatic carbocycles. The summed E-state index contributed by atoms with van der Waals surface area (Å²) >= 11 is 0. The van der Waals surface area contributed by atoms with Crippen LogP contribution in [0.3, 0.4) is 0 Å². The molecule has 2 rings (SSSR count). The Bertz CT molecular complexity index is 674. The molecule has 22 heavy (non-hydrogen) atoms. The third-order valence-corrected chi connectivity index (χ3v) is 2.71. The highest BCUT2D eigenvalue weighted by Crippen LogP contribution is 2.26. The number of carbonyl (C=O) groups is 1. The normalized spacial score (nSPS) is 9.64. The van der Waals surface area contributed by atoms with Crippen LogP contribution in [-0.4, -0.2) is 19.2 Å². The summed E-state index contributed by atoms with van der Waals surface area (Å²) in [7, 11) is 0. The summed E-state index contributed by atoms with van der Waals surface area (Å²) in [6.07, 6.45) is 0. The Labute approximate surface area is 128 Å². The van der Waals surface area contributed by atoms with E-state index in [9.17, 15) is 4.79 Å². The molecular weight excluding hydrogens is 282 g/mol. The highest BCUT2D eigenvalue weighted by Gasteiger charge is 2.09. The monoisotopic (exact) mass is 297 g/mol. The van der Waals surface area contributed by atoms with Crippen LogP contribution in [0, 0.1) is 11.3 Å². The van der Waals surface area contributed by atoms with E-state index in [0.29, 0.717) is 29.4 Å². The second-order valence-corrected chi connectivity index (χ2v) is 4.28. The highest BCUT2D eigenvalue weighted by atomic mass is 16.6. The van der Waals surface area contributed by atoms with Crippen LogP contribution in [0.25, 0.3) is 0 Å². The molecule has 0 bridgehead atoms. The molecule has 5 nitrogen and oxygen atoms in total. The maximum Gasteiger partial charge on any atom is 0.349 e. The number of nitrogens with zero attached hydrogens (tertiary/aromatic N) is 1. The van der Waals surface area contributed by atoms with Crippen LogP contribution in [0.5, 0.6) is 17.2 Å². The average Bonchev–Trinajstić information content (AvgIpc) is 2.55. The Morgan fingerprint density at radius 2 is 1.68 bits per heavy atom. The van der Waals surface area contributed by atoms with E-state index in [-0.39, 0.29) is 6.61 Å². The van der Waals surface area contributed by atoms with Gasteiger partial charge < -0.3 is 14.2 Å². The van der Waals surface area contributed by atoms with Gasteiger partial charge in [0.25, 0.3) is 0 Å². The van der Waals surface area contributed by atoms with Crippen LogP contribution < -0.4 is 14.2 Å². The molecule has 0 unspecified atom stereocenters. The number of ether oxygens (including phenoxy) is 3. The van der Waals surface area contributed by atoms with Crippen molar-refractivity contribution in [2.45, 2.75) is 6.92 Å². The molecule has 0 atom stereocenters. The average molecular weight is 297 g/mol. The summed E-state index contributed by atoms with van der Waals surface area (Å²) in [5.74, 6) is 0.902. The summed E-state index contributed by atoms with van der Waals surface area (Å²) in [5, 5.41) is 8.70. The predicted octanol–water partition coefficient (Wildman–Crippen LogP) is 2.94. The summed E-state index contributed by atoms with van der Waals surface area (Å²) in [4.78, 5) is 11.8. The van der Waals surface area contributed by atoms with Crippen LogP contribution >= 0.6 is 0 Å². The third-order valence-electron chi connectivity index (χ3n) is 2.71. The first-order valence-electron chi connectivity index (χ1n) is 6.78. The lowest BCUT2D eigenvalue weighted by molar-refractivity contribution is -0.136. The van der Waals surface area contributed by atoms with Crippen molar-refractivity contribution in [1.29, 1.82) is 5.26 Å². The van der Waals surface area contributed by atoms with Gasteiger partial charge >= 0.3 is 5.97 Å². The Balaban J connectivity index is 1.91. The Hall–Kier alpha value is -3.00. The maximum atomic E-state index is 11.8. The number of nitriles is 1. The van der Waals surface area contributed by atoms with Crippen molar-refractivity contribution in [3.05, 3.63) is 54.1 Å². The van der Waals surface area contributed by atoms with E-state index in [1.165, 1.54) is 0 Å². The molecule has 2 aromatic carbocycles. The molecule has 0 amide bonds. The first kappa shape index (κ1) is 15.4. The first-order chi connectivity index (χ1) is 10.7. The van der Waals surface area contributed by atoms with Crippen LogP contribution in [0.2, 0.25) is 0 Å². The first-order valence-corrected chi connectivity index (χ1v) is 6.78. The minimum absolute atomic E-state index is 0.232. The zero-order valence-electron chi connectivity index (χ0n) is 12.1. The third kappa shape index (κ3) is 4.25. The van der Waals surface area contributed by atoms with Crippen LogP contribution in [0.1, 0.15) is 12.5 Å². The number of esters is 1. The smallest absolute Gasteiger partial charge is 0.349 e. The SMILES string of the molecule is CCOc1ccccc1OCC(=O)Oc1ccc(C#N)cc1. The van der Waals surface area contributed by atoms with Gasteiger partial charge in [0.2, 0.25) is 0 Å². The van der Waals surface area contributed by atoms with Gasteiger partial charge in [0.1, 0.15) is 5.75 Å². The van der Waals surface area contributed by atoms with E-state index in [4.69, 9.17) is 19.5 Å². The fraction of sp³-hybridized carbons (Fsp3) is 0.176. The molecule has 0 radical (unpaired) electrons. The molecule has 0 saturated heterocycles. The fourth-order valence-electron chi connectivity index (χ4n) is 1.74. The van der Waals surface area contributed by atoms with Gasteiger partial charge in [-0.3, -0.25) is 0 Å². The van der Waals surface area contributed by atoms with Gasteiger partial charge in [-0.2, -0.15) is 5.26 Å². The van der Waals surface area contributed by atoms with Gasteiger partial charge in [-0.05, 0) is 43.3 Å². The van der Waals surface area contributed by atoms with Gasteiger partial charge in [0, 0.05) is 0 Å². The minimum Gasteiger partial charge on any atom is -0.490 e. The van der Waals surface area contributed by atoms with E-state index in [0.717, 1.165) is 0 Å². The molecule has 0 aromatic heterocycles. The van der Waals surface area contributed by atoms with Gasteiger partial charge in [-0.25, -0.2) is 4.79 Å². The zero-order valence-corrected chi connectivity index (χ0v) is 12.1. The minimum atomic E-state index is -0.531. The zero-order chi connectivity index (χ0) is 15.8. The van der Waals surface area contributed by atoms with Crippen molar-refractivity contribution in [2.24, 2.45) is 0 Å². The van der Waals surface area contributed by atoms with E-state index in [1.807, 2.05) is 19.1 Å². The summed E-state index contributed by atoms with van der Waals surface area (Å²) < 4.78 is 15.9. The molecule has 0 fully saturated rings. The van der Waals surface area contributed by atoms with Crippen molar-refractivity contribution in [2.75, 3.05) is 13.2 Å². The molecule has 0 saturated carbocycles. The topological polar surface area (TPSA) is 68.6 Å². The molecule has 0 heterocycles. The molecule has 0 N–H and O–H groups in total. The lowest BCUT2D eigenvalue weighted by atomic mass is 10.2. The number of carbonyl (C=O) groups excluding carboxylic acids is 1. The van der Waals surface area contributed by atoms with Crippen LogP contribution in [0.4, 0.5) is 0 Å². The Morgan fingerprint density at radius 3 is 2.27 bits per heavy atom. The van der Waals surface area contributed by atoms with Crippen LogP contribution in [-0.2, 0) is 4.79 Å². The number of para-hydroxylation sites is 2. The lowest BCUT2D eigenvalue weighted by Gasteiger charge is -2.11. The largest absolute Gasteiger partial charge is 0.490 e. The summed E-state index contributed by atoms with van der Waals surface area (Å²) in [5.41, 5.74) is 0.502. The second kappa shape index (κ2) is 7.70. The summed E-state index contributed by atoms with van der Waals surface area (Å²) in [6, 6.07) is 15.4. The van der Waals surface area contributed by atoms with Gasteiger partial charge in [-0.15, -0.1) is 0 Å². The number of benzene rings is 2. The molecule has 112 valence electrons. The lowest BCUT2D eigenvalue weighted by Crippen LogP contribution is -2.18. The van der Waals surface area contributed by atoms with E-state index in [1.54, 1.807) is 42.5 Å². The molecule has 2 aromatic rings. The standard InChI is InChI=1S/C17H15NO4/c1-2-20-15-5-3-4-6-16(15)21-12-17(19)22-14-9-7-13(11-18)8-10-14/h3-10H,2,12H2,1H3. The van der Waals surface area contributed by atoms with E-state index >= 15 is 0 Å². The second-order valence-electron chi connectivity index (χ2n) is 4.28. The van der Waals surface area contributed by atoms with Crippen molar-refractivity contribution in [3.8, 4) is 23.3 Å². The van der Waals surface area contributed by atoms with Gasteiger partial charge in [-0.1, -0.05) is 12.1 Å². The van der Waals surface area contributed by atoms with Crippen molar-refractivity contribution in [3.63, 3.8) is 0 Å². The van der Waals surface area contributed by atoms with Crippen molar-refractivity contribution in [1.82, 2.24) is 0 Å². The summed E-state index contributed by atoms with van der Waals surface area (Å²) in [6.45, 7) is 2.15. The highest BCUT2D eigenvalue weighted by molar-refractivity contribution is 5.74. The van der Waals surface area contributed by atoms with Gasteiger partial charge in [0.15, 0.2) is 18.1 Å². The number of hydrogen-bond acceptors (Lipinski definition) is 5.